The van der Waals surface area contributed by atoms with Crippen LogP contribution in [-0.4, -0.2) is 33.3 Å². The standard InChI is InChI=1S/C10H11IO4/c1-15-8-5-6(2-3-9(12)13)4-7(11)10(8)14/h2-5,7,10,14H,1H3,(H,12,13)/b3-2+/t7?,10-/m1/s1. The third-order valence-corrected chi connectivity index (χ3v) is 2.95. The number of carboxylic acids is 1. The van der Waals surface area contributed by atoms with Crippen LogP contribution in [0, 0.1) is 0 Å². The molecule has 0 bridgehead atoms. The van der Waals surface area contributed by atoms with Gasteiger partial charge in [0.2, 0.25) is 0 Å². The van der Waals surface area contributed by atoms with Gasteiger partial charge in [-0.15, -0.1) is 0 Å². The van der Waals surface area contributed by atoms with E-state index in [0.29, 0.717) is 5.76 Å². The van der Waals surface area contributed by atoms with Crippen molar-refractivity contribution in [3.8, 4) is 0 Å². The lowest BCUT2D eigenvalue weighted by Gasteiger charge is -2.21. The van der Waals surface area contributed by atoms with Crippen LogP contribution in [0.4, 0.5) is 0 Å². The lowest BCUT2D eigenvalue weighted by atomic mass is 10.0. The first-order chi connectivity index (χ1) is 7.04. The minimum atomic E-state index is -1.00. The molecule has 2 N–H and O–H groups in total. The number of rotatable bonds is 3. The summed E-state index contributed by atoms with van der Waals surface area (Å²) in [5.74, 6) is -0.554. The second kappa shape index (κ2) is 5.32. The molecule has 1 rings (SSSR count). The van der Waals surface area contributed by atoms with Crippen LogP contribution in [0.1, 0.15) is 0 Å². The van der Waals surface area contributed by atoms with E-state index in [1.165, 1.54) is 13.2 Å². The Balaban J connectivity index is 2.87. The van der Waals surface area contributed by atoms with Gasteiger partial charge < -0.3 is 14.9 Å². The Morgan fingerprint density at radius 2 is 2.33 bits per heavy atom. The van der Waals surface area contributed by atoms with Crippen LogP contribution in [0.2, 0.25) is 0 Å². The molecule has 82 valence electrons. The van der Waals surface area contributed by atoms with E-state index in [0.717, 1.165) is 11.6 Å². The van der Waals surface area contributed by atoms with Crippen LogP contribution in [0.3, 0.4) is 0 Å². The molecule has 15 heavy (non-hydrogen) atoms. The molecule has 0 aromatic heterocycles. The number of alkyl halides is 1. The fourth-order valence-electron chi connectivity index (χ4n) is 1.18. The van der Waals surface area contributed by atoms with Gasteiger partial charge in [-0.3, -0.25) is 0 Å². The van der Waals surface area contributed by atoms with Crippen molar-refractivity contribution in [3.63, 3.8) is 0 Å². The summed E-state index contributed by atoms with van der Waals surface area (Å²) >= 11 is 2.07. The van der Waals surface area contributed by atoms with Gasteiger partial charge in [-0.25, -0.2) is 4.79 Å². The predicted octanol–water partition coefficient (Wildman–Crippen LogP) is 1.26. The summed E-state index contributed by atoms with van der Waals surface area (Å²) in [5, 5.41) is 18.1. The van der Waals surface area contributed by atoms with E-state index in [9.17, 15) is 9.90 Å². The van der Waals surface area contributed by atoms with Crippen molar-refractivity contribution in [2.75, 3.05) is 7.11 Å². The number of methoxy groups -OCH3 is 1. The highest BCUT2D eigenvalue weighted by Crippen LogP contribution is 2.25. The predicted molar refractivity (Wildman–Crippen MR) is 63.8 cm³/mol. The van der Waals surface area contributed by atoms with Crippen LogP contribution in [0.5, 0.6) is 0 Å². The summed E-state index contributed by atoms with van der Waals surface area (Å²) < 4.78 is 4.88. The Morgan fingerprint density at radius 3 is 2.87 bits per heavy atom. The number of halogens is 1. The van der Waals surface area contributed by atoms with Crippen molar-refractivity contribution in [3.05, 3.63) is 35.6 Å². The second-order valence-corrected chi connectivity index (χ2v) is 4.42. The summed E-state index contributed by atoms with van der Waals surface area (Å²) in [6.45, 7) is 0. The largest absolute Gasteiger partial charge is 0.498 e. The first-order valence-corrected chi connectivity index (χ1v) is 5.49. The number of aliphatic hydroxyl groups excluding tert-OH is 1. The van der Waals surface area contributed by atoms with Gasteiger partial charge in [0.25, 0.3) is 0 Å². The summed E-state index contributed by atoms with van der Waals surface area (Å²) in [5.41, 5.74) is 0.721. The Morgan fingerprint density at radius 1 is 1.67 bits per heavy atom. The van der Waals surface area contributed by atoms with E-state index >= 15 is 0 Å². The highest BCUT2D eigenvalue weighted by atomic mass is 127. The van der Waals surface area contributed by atoms with Gasteiger partial charge in [-0.05, 0) is 17.7 Å². The zero-order valence-corrected chi connectivity index (χ0v) is 10.2. The number of aliphatic carboxylic acids is 1. The van der Waals surface area contributed by atoms with Crippen LogP contribution in [0.15, 0.2) is 35.6 Å². The minimum Gasteiger partial charge on any atom is -0.498 e. The number of allylic oxidation sites excluding steroid dienone is 3. The van der Waals surface area contributed by atoms with Gasteiger partial charge in [0.05, 0.1) is 11.0 Å². The zero-order valence-electron chi connectivity index (χ0n) is 8.05. The molecule has 0 radical (unpaired) electrons. The maximum Gasteiger partial charge on any atom is 0.328 e. The number of hydrogen-bond acceptors (Lipinski definition) is 3. The topological polar surface area (TPSA) is 66.8 Å². The molecule has 0 saturated heterocycles. The third-order valence-electron chi connectivity index (χ3n) is 1.91. The smallest absolute Gasteiger partial charge is 0.328 e. The molecule has 0 heterocycles. The lowest BCUT2D eigenvalue weighted by Crippen LogP contribution is -2.25. The molecular weight excluding hydrogens is 311 g/mol. The van der Waals surface area contributed by atoms with Gasteiger partial charge in [0.1, 0.15) is 11.9 Å². The second-order valence-electron chi connectivity index (χ2n) is 2.98. The average molecular weight is 322 g/mol. The molecule has 0 spiro atoms. The van der Waals surface area contributed by atoms with Crippen molar-refractivity contribution in [2.24, 2.45) is 0 Å². The first-order valence-electron chi connectivity index (χ1n) is 4.25. The first kappa shape index (κ1) is 12.3. The minimum absolute atomic E-state index is 0.115. The SMILES string of the molecule is COC1=CC(/C=C/C(=O)O)=CC(I)[C@H]1O. The van der Waals surface area contributed by atoms with E-state index in [2.05, 4.69) is 22.6 Å². The molecule has 0 aliphatic heterocycles. The van der Waals surface area contributed by atoms with Crippen molar-refractivity contribution < 1.29 is 19.7 Å². The van der Waals surface area contributed by atoms with Crippen molar-refractivity contribution >= 4 is 28.6 Å². The molecule has 0 amide bonds. The Labute approximate surface area is 101 Å². The quantitative estimate of drug-likeness (QED) is 0.466. The van der Waals surface area contributed by atoms with Crippen molar-refractivity contribution in [2.45, 2.75) is 10.0 Å². The van der Waals surface area contributed by atoms with Gasteiger partial charge in [-0.1, -0.05) is 28.7 Å². The van der Waals surface area contributed by atoms with E-state index in [1.807, 2.05) is 0 Å². The average Bonchev–Trinajstić information content (AvgIpc) is 2.19. The monoisotopic (exact) mass is 322 g/mol. The molecule has 1 unspecified atom stereocenters. The fourth-order valence-corrected chi connectivity index (χ4v) is 1.95. The molecule has 4 nitrogen and oxygen atoms in total. The van der Waals surface area contributed by atoms with E-state index in [-0.39, 0.29) is 3.92 Å². The third kappa shape index (κ3) is 3.35. The Kier molecular flexibility index (Phi) is 4.34. The molecule has 0 aromatic carbocycles. The maximum atomic E-state index is 10.3. The number of aliphatic hydroxyl groups is 1. The van der Waals surface area contributed by atoms with Crippen molar-refractivity contribution in [1.29, 1.82) is 0 Å². The van der Waals surface area contributed by atoms with Gasteiger partial charge in [-0.2, -0.15) is 0 Å². The number of carboxylic acid groups (broad SMARTS) is 1. The van der Waals surface area contributed by atoms with Gasteiger partial charge in [0.15, 0.2) is 0 Å². The number of hydrogen-bond donors (Lipinski definition) is 2. The summed E-state index contributed by atoms with van der Waals surface area (Å²) in [6, 6.07) is 0. The molecule has 0 saturated carbocycles. The summed E-state index contributed by atoms with van der Waals surface area (Å²) in [4.78, 5) is 10.3. The summed E-state index contributed by atoms with van der Waals surface area (Å²) in [7, 11) is 1.47. The number of ether oxygens (including phenoxy) is 1. The molecular formula is C10H11IO4. The van der Waals surface area contributed by atoms with E-state index in [4.69, 9.17) is 9.84 Å². The summed E-state index contributed by atoms with van der Waals surface area (Å²) in [6.07, 6.45) is 5.26. The van der Waals surface area contributed by atoms with Crippen LogP contribution >= 0.6 is 22.6 Å². The van der Waals surface area contributed by atoms with E-state index in [1.54, 1.807) is 12.2 Å². The zero-order chi connectivity index (χ0) is 11.4. The maximum absolute atomic E-state index is 10.3. The normalized spacial score (nSPS) is 26.1. The van der Waals surface area contributed by atoms with Gasteiger partial charge in [0, 0.05) is 6.08 Å². The molecule has 0 fully saturated rings. The molecule has 2 atom stereocenters. The van der Waals surface area contributed by atoms with Crippen LogP contribution in [0.25, 0.3) is 0 Å². The van der Waals surface area contributed by atoms with E-state index < -0.39 is 12.1 Å². The van der Waals surface area contributed by atoms with Crippen LogP contribution in [-0.2, 0) is 9.53 Å². The Bertz CT molecular complexity index is 343. The van der Waals surface area contributed by atoms with Crippen molar-refractivity contribution in [1.82, 2.24) is 0 Å². The molecule has 0 aromatic rings. The van der Waals surface area contributed by atoms with Crippen LogP contribution < -0.4 is 0 Å². The molecule has 5 heteroatoms. The Hall–Kier alpha value is -0.820. The lowest BCUT2D eigenvalue weighted by molar-refractivity contribution is -0.131. The number of carbonyl (C=O) groups is 1. The molecule has 1 aliphatic rings. The molecule has 1 aliphatic carbocycles. The van der Waals surface area contributed by atoms with Gasteiger partial charge >= 0.3 is 5.97 Å². The fraction of sp³-hybridized carbons (Fsp3) is 0.300. The highest BCUT2D eigenvalue weighted by molar-refractivity contribution is 14.1. The highest BCUT2D eigenvalue weighted by Gasteiger charge is 2.23.